The van der Waals surface area contributed by atoms with Gasteiger partial charge in [0.2, 0.25) is 0 Å². The van der Waals surface area contributed by atoms with Crippen molar-refractivity contribution in [1.82, 2.24) is 0 Å². The van der Waals surface area contributed by atoms with Crippen LogP contribution in [0.25, 0.3) is 0 Å². The van der Waals surface area contributed by atoms with Gasteiger partial charge in [0.05, 0.1) is 22.8 Å². The molecule has 0 heterocycles. The van der Waals surface area contributed by atoms with Crippen molar-refractivity contribution in [2.45, 2.75) is 6.10 Å². The predicted octanol–water partition coefficient (Wildman–Crippen LogP) is 2.18. The third-order valence-electron chi connectivity index (χ3n) is 3.42. The smallest absolute Gasteiger partial charge is 0.279 e. The van der Waals surface area contributed by atoms with Gasteiger partial charge < -0.3 is 15.3 Å². The summed E-state index contributed by atoms with van der Waals surface area (Å²) in [6, 6.07) is 14.4. The summed E-state index contributed by atoms with van der Waals surface area (Å²) in [5, 5.41) is 13.7. The lowest BCUT2D eigenvalue weighted by atomic mass is 10.1. The molecule has 1 unspecified atom stereocenters. The van der Waals surface area contributed by atoms with E-state index in [1.54, 1.807) is 18.2 Å². The van der Waals surface area contributed by atoms with E-state index in [-0.39, 0.29) is 12.5 Å². The van der Waals surface area contributed by atoms with E-state index in [0.717, 1.165) is 10.5 Å². The van der Waals surface area contributed by atoms with Crippen LogP contribution in [-0.2, 0) is 4.79 Å². The van der Waals surface area contributed by atoms with E-state index in [9.17, 15) is 9.90 Å². The van der Waals surface area contributed by atoms with Crippen LogP contribution in [0.15, 0.2) is 48.5 Å². The highest BCUT2D eigenvalue weighted by atomic mass is 35.5. The van der Waals surface area contributed by atoms with Gasteiger partial charge in [-0.15, -0.1) is 0 Å². The molecule has 2 atom stereocenters. The van der Waals surface area contributed by atoms with Crippen molar-refractivity contribution in [3.8, 4) is 0 Å². The maximum absolute atomic E-state index is 12.1. The van der Waals surface area contributed by atoms with E-state index < -0.39 is 6.10 Å². The molecule has 0 aromatic heterocycles. The van der Waals surface area contributed by atoms with E-state index in [0.29, 0.717) is 22.3 Å². The first-order valence-corrected chi connectivity index (χ1v) is 8.01. The molecule has 0 aliphatic rings. The lowest BCUT2D eigenvalue weighted by Crippen LogP contribution is -3.10. The van der Waals surface area contributed by atoms with Crippen LogP contribution >= 0.6 is 23.2 Å². The average molecular weight is 354 g/mol. The summed E-state index contributed by atoms with van der Waals surface area (Å²) in [7, 11) is 1.85. The van der Waals surface area contributed by atoms with Gasteiger partial charge in [0, 0.05) is 0 Å². The zero-order valence-electron chi connectivity index (χ0n) is 12.7. The number of hydrogen-bond acceptors (Lipinski definition) is 2. The summed E-state index contributed by atoms with van der Waals surface area (Å²) in [5.41, 5.74) is 1.25. The number of aliphatic hydroxyl groups is 1. The highest BCUT2D eigenvalue weighted by molar-refractivity contribution is 6.39. The largest absolute Gasteiger partial charge is 0.382 e. The number of likely N-dealkylation sites (N-methyl/N-ethyl adjacent to an activating group) is 1. The van der Waals surface area contributed by atoms with Crippen molar-refractivity contribution in [3.63, 3.8) is 0 Å². The molecule has 2 aromatic carbocycles. The summed E-state index contributed by atoms with van der Waals surface area (Å²) in [6.07, 6.45) is -0.618. The van der Waals surface area contributed by atoms with Crippen LogP contribution in [0.1, 0.15) is 11.7 Å². The first-order valence-electron chi connectivity index (χ1n) is 7.25. The van der Waals surface area contributed by atoms with Crippen LogP contribution in [0.5, 0.6) is 0 Å². The molecule has 2 rings (SSSR count). The fraction of sp³-hybridized carbons (Fsp3) is 0.235. The standard InChI is InChI=1S/C17H18Cl2N2O2/c1-21(10-15(22)12-6-3-2-4-7-12)11-16(23)20-17-13(18)8-5-9-14(17)19/h2-9,15,22H,10-11H2,1H3,(H,20,23)/p+1/t15-/m0/s1. The second-order valence-electron chi connectivity index (χ2n) is 5.41. The molecule has 3 N–H and O–H groups in total. The number of carbonyl (C=O) groups excluding carboxylic acids is 1. The van der Waals surface area contributed by atoms with Crippen molar-refractivity contribution >= 4 is 34.8 Å². The molecule has 0 saturated heterocycles. The summed E-state index contributed by atoms with van der Waals surface area (Å²) >= 11 is 12.1. The van der Waals surface area contributed by atoms with E-state index >= 15 is 0 Å². The quantitative estimate of drug-likeness (QED) is 0.745. The van der Waals surface area contributed by atoms with E-state index in [1.807, 2.05) is 37.4 Å². The first-order chi connectivity index (χ1) is 11.0. The van der Waals surface area contributed by atoms with Crippen molar-refractivity contribution in [3.05, 3.63) is 64.1 Å². The number of hydrogen-bond donors (Lipinski definition) is 3. The Bertz CT molecular complexity index is 645. The number of rotatable bonds is 6. The van der Waals surface area contributed by atoms with Gasteiger partial charge in [-0.2, -0.15) is 0 Å². The van der Waals surface area contributed by atoms with Crippen LogP contribution in [0.4, 0.5) is 5.69 Å². The van der Waals surface area contributed by atoms with Gasteiger partial charge in [-0.05, 0) is 17.7 Å². The fourth-order valence-electron chi connectivity index (χ4n) is 2.27. The molecule has 0 aliphatic heterocycles. The molecule has 0 spiro atoms. The van der Waals surface area contributed by atoms with E-state index in [2.05, 4.69) is 5.32 Å². The summed E-state index contributed by atoms with van der Waals surface area (Å²) in [5.74, 6) is -0.210. The van der Waals surface area contributed by atoms with Gasteiger partial charge in [-0.1, -0.05) is 59.6 Å². The minimum Gasteiger partial charge on any atom is -0.382 e. The van der Waals surface area contributed by atoms with Crippen molar-refractivity contribution < 1.29 is 14.8 Å². The summed E-state index contributed by atoms with van der Waals surface area (Å²) < 4.78 is 0. The lowest BCUT2D eigenvalue weighted by Gasteiger charge is -2.18. The zero-order chi connectivity index (χ0) is 16.8. The number of benzene rings is 2. The van der Waals surface area contributed by atoms with Gasteiger partial charge in [0.15, 0.2) is 6.54 Å². The van der Waals surface area contributed by atoms with Crippen molar-refractivity contribution in [2.75, 3.05) is 25.5 Å². The Balaban J connectivity index is 1.90. The Morgan fingerprint density at radius 3 is 2.35 bits per heavy atom. The molecule has 122 valence electrons. The van der Waals surface area contributed by atoms with Crippen LogP contribution in [-0.4, -0.2) is 31.2 Å². The monoisotopic (exact) mass is 353 g/mol. The highest BCUT2D eigenvalue weighted by Crippen LogP contribution is 2.29. The molecule has 0 radical (unpaired) electrons. The SMILES string of the molecule is C[NH+](CC(=O)Nc1c(Cl)cccc1Cl)C[C@H](O)c1ccccc1. The topological polar surface area (TPSA) is 53.8 Å². The minimum absolute atomic E-state index is 0.200. The highest BCUT2D eigenvalue weighted by Gasteiger charge is 2.17. The number of quaternary nitrogens is 1. The van der Waals surface area contributed by atoms with Crippen molar-refractivity contribution in [1.29, 1.82) is 0 Å². The molecule has 0 aliphatic carbocycles. The van der Waals surface area contributed by atoms with Gasteiger partial charge in [0.25, 0.3) is 5.91 Å². The Hall–Kier alpha value is -1.59. The number of halogens is 2. The normalized spacial score (nSPS) is 13.4. The Morgan fingerprint density at radius 1 is 1.13 bits per heavy atom. The summed E-state index contributed by atoms with van der Waals surface area (Å²) in [6.45, 7) is 0.624. The molecule has 0 saturated carbocycles. The lowest BCUT2D eigenvalue weighted by molar-refractivity contribution is -0.875. The Morgan fingerprint density at radius 2 is 1.74 bits per heavy atom. The third kappa shape index (κ3) is 5.22. The second kappa shape index (κ2) is 8.31. The second-order valence-corrected chi connectivity index (χ2v) is 6.22. The van der Waals surface area contributed by atoms with Crippen molar-refractivity contribution in [2.24, 2.45) is 0 Å². The van der Waals surface area contributed by atoms with Crippen LogP contribution in [0.3, 0.4) is 0 Å². The number of aliphatic hydroxyl groups excluding tert-OH is 1. The molecule has 6 heteroatoms. The molecule has 4 nitrogen and oxygen atoms in total. The number of nitrogens with one attached hydrogen (secondary N) is 2. The maximum atomic E-state index is 12.1. The van der Waals surface area contributed by atoms with Gasteiger partial charge in [-0.25, -0.2) is 0 Å². The number of amides is 1. The predicted molar refractivity (Wildman–Crippen MR) is 93.1 cm³/mol. The van der Waals surface area contributed by atoms with Gasteiger partial charge in [-0.3, -0.25) is 4.79 Å². The Labute approximate surface area is 145 Å². The molecule has 1 amide bonds. The first kappa shape index (κ1) is 17.8. The van der Waals surface area contributed by atoms with Crippen LogP contribution < -0.4 is 10.2 Å². The molecular formula is C17H19Cl2N2O2+. The Kier molecular flexibility index (Phi) is 6.42. The number of para-hydroxylation sites is 1. The number of carbonyl (C=O) groups is 1. The zero-order valence-corrected chi connectivity index (χ0v) is 14.2. The molecular weight excluding hydrogens is 335 g/mol. The van der Waals surface area contributed by atoms with Gasteiger partial charge in [0.1, 0.15) is 12.6 Å². The third-order valence-corrected chi connectivity index (χ3v) is 4.05. The van der Waals surface area contributed by atoms with E-state index in [1.165, 1.54) is 0 Å². The van der Waals surface area contributed by atoms with Crippen LogP contribution in [0, 0.1) is 0 Å². The maximum Gasteiger partial charge on any atom is 0.279 e. The fourth-order valence-corrected chi connectivity index (χ4v) is 2.76. The minimum atomic E-state index is -0.618. The number of anilines is 1. The molecule has 2 aromatic rings. The molecule has 0 bridgehead atoms. The summed E-state index contributed by atoms with van der Waals surface area (Å²) in [4.78, 5) is 13.0. The molecule has 0 fully saturated rings. The van der Waals surface area contributed by atoms with E-state index in [4.69, 9.17) is 23.2 Å². The average Bonchev–Trinajstić information content (AvgIpc) is 2.51. The van der Waals surface area contributed by atoms with Crippen LogP contribution in [0.2, 0.25) is 10.0 Å². The van der Waals surface area contributed by atoms with Gasteiger partial charge >= 0.3 is 0 Å². The molecule has 23 heavy (non-hydrogen) atoms.